The Hall–Kier alpha value is -0.370. The van der Waals surface area contributed by atoms with Crippen molar-refractivity contribution < 1.29 is 0 Å². The molecule has 0 bridgehead atoms. The third-order valence-corrected chi connectivity index (χ3v) is 1.72. The fourth-order valence-electron chi connectivity index (χ4n) is 1.08. The van der Waals surface area contributed by atoms with Gasteiger partial charge in [0.05, 0.1) is 5.54 Å². The molecule has 2 heteroatoms. The van der Waals surface area contributed by atoms with Crippen LogP contribution in [-0.2, 0) is 0 Å². The van der Waals surface area contributed by atoms with Gasteiger partial charge in [0.2, 0.25) is 0 Å². The van der Waals surface area contributed by atoms with E-state index in [2.05, 4.69) is 19.2 Å². The number of nitrogens with one attached hydrogen (secondary N) is 2. The van der Waals surface area contributed by atoms with Gasteiger partial charge >= 0.3 is 0 Å². The van der Waals surface area contributed by atoms with E-state index in [-0.39, 0.29) is 5.54 Å². The van der Waals surface area contributed by atoms with Crippen molar-refractivity contribution >= 4 is 6.21 Å². The molecule has 0 rings (SSSR count). The predicted octanol–water partition coefficient (Wildman–Crippen LogP) is 2.69. The van der Waals surface area contributed by atoms with Gasteiger partial charge in [-0.25, -0.2) is 0 Å². The highest BCUT2D eigenvalue weighted by molar-refractivity contribution is 5.66. The van der Waals surface area contributed by atoms with Crippen molar-refractivity contribution in [3.05, 3.63) is 0 Å². The summed E-state index contributed by atoms with van der Waals surface area (Å²) in [5, 5.41) is 10.3. The molecule has 2 N–H and O–H groups in total. The molecule has 0 saturated carbocycles. The van der Waals surface area contributed by atoms with Crippen LogP contribution in [0.25, 0.3) is 0 Å². The topological polar surface area (TPSA) is 35.9 Å². The van der Waals surface area contributed by atoms with Crippen molar-refractivity contribution in [1.82, 2.24) is 5.32 Å². The van der Waals surface area contributed by atoms with Crippen molar-refractivity contribution in [2.45, 2.75) is 46.6 Å². The van der Waals surface area contributed by atoms with Gasteiger partial charge < -0.3 is 10.7 Å². The summed E-state index contributed by atoms with van der Waals surface area (Å²) in [4.78, 5) is 0. The van der Waals surface area contributed by atoms with Crippen molar-refractivity contribution in [1.29, 1.82) is 5.41 Å². The van der Waals surface area contributed by atoms with Crippen LogP contribution in [0.3, 0.4) is 0 Å². The van der Waals surface area contributed by atoms with Crippen molar-refractivity contribution in [2.24, 2.45) is 5.92 Å². The van der Waals surface area contributed by atoms with Gasteiger partial charge in [-0.05, 0) is 26.3 Å². The van der Waals surface area contributed by atoms with E-state index in [1.165, 1.54) is 6.21 Å². The van der Waals surface area contributed by atoms with E-state index in [1.807, 2.05) is 27.8 Å². The lowest BCUT2D eigenvalue weighted by atomic mass is 9.92. The van der Waals surface area contributed by atoms with Crippen LogP contribution in [0.5, 0.6) is 0 Å². The van der Waals surface area contributed by atoms with E-state index in [4.69, 9.17) is 5.41 Å². The standard InChI is InChI=1S/C8H18N2.C2H6/c1-7(2)5-8(3,6-9)10-4;1-2/h6-7,9-10H,5H2,1-4H3;1-2H3. The van der Waals surface area contributed by atoms with Gasteiger partial charge in [-0.3, -0.25) is 0 Å². The largest absolute Gasteiger partial charge is 0.311 e. The van der Waals surface area contributed by atoms with E-state index in [0.717, 1.165) is 6.42 Å². The van der Waals surface area contributed by atoms with E-state index in [1.54, 1.807) is 0 Å². The minimum absolute atomic E-state index is 0.103. The van der Waals surface area contributed by atoms with Crippen LogP contribution in [0, 0.1) is 11.3 Å². The zero-order valence-electron chi connectivity index (χ0n) is 9.36. The highest BCUT2D eigenvalue weighted by Crippen LogP contribution is 2.12. The molecule has 2 nitrogen and oxygen atoms in total. The molecule has 0 fully saturated rings. The highest BCUT2D eigenvalue weighted by atomic mass is 14.9. The minimum Gasteiger partial charge on any atom is -0.311 e. The number of hydrogen-bond acceptors (Lipinski definition) is 2. The Bertz CT molecular complexity index is 110. The van der Waals surface area contributed by atoms with Crippen LogP contribution in [-0.4, -0.2) is 18.8 Å². The Labute approximate surface area is 77.3 Å². The van der Waals surface area contributed by atoms with Crippen LogP contribution in [0.4, 0.5) is 0 Å². The fraction of sp³-hybridized carbons (Fsp3) is 0.900. The molecule has 0 radical (unpaired) electrons. The van der Waals surface area contributed by atoms with Gasteiger partial charge in [-0.2, -0.15) is 0 Å². The minimum atomic E-state index is -0.103. The second-order valence-electron chi connectivity index (χ2n) is 3.41. The van der Waals surface area contributed by atoms with Gasteiger partial charge in [0.15, 0.2) is 0 Å². The normalized spacial score (nSPS) is 14.6. The lowest BCUT2D eigenvalue weighted by molar-refractivity contribution is 0.409. The number of rotatable bonds is 4. The first-order valence-electron chi connectivity index (χ1n) is 4.74. The molecule has 0 aliphatic rings. The summed E-state index contributed by atoms with van der Waals surface area (Å²) in [6, 6.07) is 0. The Morgan fingerprint density at radius 1 is 1.42 bits per heavy atom. The molecule has 0 saturated heterocycles. The summed E-state index contributed by atoms with van der Waals surface area (Å²) >= 11 is 0. The predicted molar refractivity (Wildman–Crippen MR) is 57.1 cm³/mol. The monoisotopic (exact) mass is 172 g/mol. The molecule has 0 aromatic heterocycles. The molecule has 0 spiro atoms. The SMILES string of the molecule is CC.CNC(C)(C=N)CC(C)C. The molecule has 0 heterocycles. The van der Waals surface area contributed by atoms with E-state index in [9.17, 15) is 0 Å². The summed E-state index contributed by atoms with van der Waals surface area (Å²) < 4.78 is 0. The fourth-order valence-corrected chi connectivity index (χ4v) is 1.08. The third-order valence-electron chi connectivity index (χ3n) is 1.72. The van der Waals surface area contributed by atoms with Crippen molar-refractivity contribution in [3.8, 4) is 0 Å². The van der Waals surface area contributed by atoms with Crippen LogP contribution in [0.1, 0.15) is 41.0 Å². The lowest BCUT2D eigenvalue weighted by Crippen LogP contribution is -2.42. The molecular weight excluding hydrogens is 148 g/mol. The van der Waals surface area contributed by atoms with Crippen LogP contribution in [0.15, 0.2) is 0 Å². The molecule has 12 heavy (non-hydrogen) atoms. The van der Waals surface area contributed by atoms with E-state index < -0.39 is 0 Å². The Morgan fingerprint density at radius 2 is 1.83 bits per heavy atom. The molecule has 1 atom stereocenters. The van der Waals surface area contributed by atoms with Crippen molar-refractivity contribution in [2.75, 3.05) is 7.05 Å². The molecule has 0 aliphatic heterocycles. The second-order valence-corrected chi connectivity index (χ2v) is 3.41. The van der Waals surface area contributed by atoms with Gasteiger partial charge in [0, 0.05) is 6.21 Å². The Morgan fingerprint density at radius 3 is 1.92 bits per heavy atom. The highest BCUT2D eigenvalue weighted by Gasteiger charge is 2.19. The molecule has 0 aliphatic carbocycles. The molecule has 0 amide bonds. The molecule has 0 aromatic rings. The zero-order valence-corrected chi connectivity index (χ0v) is 9.36. The maximum Gasteiger partial charge on any atom is 0.0502 e. The maximum atomic E-state index is 7.16. The Balaban J connectivity index is 0. The van der Waals surface area contributed by atoms with E-state index in [0.29, 0.717) is 5.92 Å². The van der Waals surface area contributed by atoms with Gasteiger partial charge in [0.1, 0.15) is 0 Å². The Kier molecular flexibility index (Phi) is 8.61. The maximum absolute atomic E-state index is 7.16. The number of hydrogen-bond donors (Lipinski definition) is 2. The zero-order chi connectivity index (χ0) is 10.2. The molecule has 74 valence electrons. The summed E-state index contributed by atoms with van der Waals surface area (Å²) in [5.41, 5.74) is -0.103. The van der Waals surface area contributed by atoms with E-state index >= 15 is 0 Å². The third kappa shape index (κ3) is 6.35. The summed E-state index contributed by atoms with van der Waals surface area (Å²) in [5.74, 6) is 0.638. The summed E-state index contributed by atoms with van der Waals surface area (Å²) in [7, 11) is 1.90. The first-order valence-corrected chi connectivity index (χ1v) is 4.74. The van der Waals surface area contributed by atoms with Gasteiger partial charge in [-0.1, -0.05) is 27.7 Å². The average Bonchev–Trinajstić information content (AvgIpc) is 2.07. The average molecular weight is 172 g/mol. The second kappa shape index (κ2) is 7.29. The summed E-state index contributed by atoms with van der Waals surface area (Å²) in [6.45, 7) is 10.4. The first kappa shape index (κ1) is 14.2. The van der Waals surface area contributed by atoms with Crippen molar-refractivity contribution in [3.63, 3.8) is 0 Å². The van der Waals surface area contributed by atoms with Gasteiger partial charge in [0.25, 0.3) is 0 Å². The van der Waals surface area contributed by atoms with Crippen LogP contribution >= 0.6 is 0 Å². The van der Waals surface area contributed by atoms with Gasteiger partial charge in [-0.15, -0.1) is 0 Å². The summed E-state index contributed by atoms with van der Waals surface area (Å²) in [6.07, 6.45) is 2.50. The lowest BCUT2D eigenvalue weighted by Gasteiger charge is -2.25. The van der Waals surface area contributed by atoms with Crippen LogP contribution in [0.2, 0.25) is 0 Å². The smallest absolute Gasteiger partial charge is 0.0502 e. The first-order chi connectivity index (χ1) is 5.54. The molecule has 0 aromatic carbocycles. The molecule has 1 unspecified atom stereocenters. The van der Waals surface area contributed by atoms with Crippen LogP contribution < -0.4 is 5.32 Å². The molecular formula is C10H24N2. The quantitative estimate of drug-likeness (QED) is 0.628.